The van der Waals surface area contributed by atoms with Crippen LogP contribution in [0.5, 0.6) is 0 Å². The Bertz CT molecular complexity index is 700. The average molecular weight is 392 g/mol. The fraction of sp³-hybridized carbons (Fsp3) is 0.222. The fourth-order valence-electron chi connectivity index (χ4n) is 1.94. The normalized spacial score (nSPS) is 11.8. The van der Waals surface area contributed by atoms with Gasteiger partial charge >= 0.3 is 0 Å². The first-order chi connectivity index (χ1) is 11.0. The maximum absolute atomic E-state index is 12.2. The molecule has 2 aromatic carbocycles. The van der Waals surface area contributed by atoms with Crippen molar-refractivity contribution in [2.24, 2.45) is 0 Å². The van der Waals surface area contributed by atoms with Crippen LogP contribution in [-0.2, 0) is 10.5 Å². The van der Waals surface area contributed by atoms with E-state index in [2.05, 4.69) is 21.2 Å². The summed E-state index contributed by atoms with van der Waals surface area (Å²) < 4.78 is 1.06. The Hall–Kier alpha value is -1.59. The quantitative estimate of drug-likeness (QED) is 0.711. The van der Waals surface area contributed by atoms with Gasteiger partial charge in [0.2, 0.25) is 5.91 Å². The van der Waals surface area contributed by atoms with Crippen molar-refractivity contribution in [2.45, 2.75) is 24.9 Å². The molecule has 1 N–H and O–H groups in total. The van der Waals surface area contributed by atoms with Crippen LogP contribution >= 0.6 is 27.7 Å². The van der Waals surface area contributed by atoms with Crippen LogP contribution < -0.4 is 5.32 Å². The molecule has 0 aromatic heterocycles. The Labute approximate surface area is 149 Å². The number of carbonyl (C=O) groups excluding carboxylic acids is 2. The molecule has 0 fully saturated rings. The van der Waals surface area contributed by atoms with Crippen molar-refractivity contribution < 1.29 is 9.59 Å². The molecular formula is C18H18BrNO2S. The predicted molar refractivity (Wildman–Crippen MR) is 100.0 cm³/mol. The van der Waals surface area contributed by atoms with Crippen molar-refractivity contribution in [1.29, 1.82) is 0 Å². The van der Waals surface area contributed by atoms with E-state index in [1.807, 2.05) is 31.2 Å². The van der Waals surface area contributed by atoms with Crippen molar-refractivity contribution in [2.75, 3.05) is 5.32 Å². The molecular weight excluding hydrogens is 374 g/mol. The number of nitrogens with one attached hydrogen (secondary N) is 1. The number of amides is 1. The zero-order valence-corrected chi connectivity index (χ0v) is 15.4. The molecule has 2 rings (SSSR count). The number of carbonyl (C=O) groups is 2. The van der Waals surface area contributed by atoms with Gasteiger partial charge in [-0.15, -0.1) is 11.8 Å². The molecule has 2 aromatic rings. The van der Waals surface area contributed by atoms with Crippen LogP contribution in [0, 0.1) is 0 Å². The van der Waals surface area contributed by atoms with E-state index < -0.39 is 0 Å². The molecule has 0 saturated heterocycles. The molecule has 0 radical (unpaired) electrons. The Morgan fingerprint density at radius 2 is 1.78 bits per heavy atom. The third-order valence-corrected chi connectivity index (χ3v) is 5.34. The van der Waals surface area contributed by atoms with Gasteiger partial charge in [0.05, 0.1) is 5.25 Å². The number of thioether (sulfide) groups is 1. The standard InChI is InChI=1S/C18H18BrNO2S/c1-12(21)14-7-9-16(10-8-14)20-18(22)13(2)23-11-15-5-3-4-6-17(15)19/h3-10,13H,11H2,1-2H3,(H,20,22). The number of rotatable bonds is 6. The van der Waals surface area contributed by atoms with Gasteiger partial charge in [-0.3, -0.25) is 9.59 Å². The average Bonchev–Trinajstić information content (AvgIpc) is 2.54. The van der Waals surface area contributed by atoms with Crippen molar-refractivity contribution in [3.8, 4) is 0 Å². The largest absolute Gasteiger partial charge is 0.325 e. The van der Waals surface area contributed by atoms with E-state index in [-0.39, 0.29) is 16.9 Å². The van der Waals surface area contributed by atoms with E-state index in [9.17, 15) is 9.59 Å². The lowest BCUT2D eigenvalue weighted by Crippen LogP contribution is -2.22. The van der Waals surface area contributed by atoms with Crippen LogP contribution in [0.1, 0.15) is 29.8 Å². The molecule has 0 aliphatic carbocycles. The van der Waals surface area contributed by atoms with Gasteiger partial charge in [0, 0.05) is 21.5 Å². The van der Waals surface area contributed by atoms with Gasteiger partial charge in [0.1, 0.15) is 0 Å². The first-order valence-corrected chi connectivity index (χ1v) is 9.08. The molecule has 120 valence electrons. The number of hydrogen-bond donors (Lipinski definition) is 1. The highest BCUT2D eigenvalue weighted by Crippen LogP contribution is 2.24. The highest BCUT2D eigenvalue weighted by Gasteiger charge is 2.14. The molecule has 1 amide bonds. The minimum Gasteiger partial charge on any atom is -0.325 e. The predicted octanol–water partition coefficient (Wildman–Crippen LogP) is 4.91. The molecule has 0 aliphatic heterocycles. The smallest absolute Gasteiger partial charge is 0.237 e. The summed E-state index contributed by atoms with van der Waals surface area (Å²) in [4.78, 5) is 23.5. The molecule has 0 aliphatic rings. The fourth-order valence-corrected chi connectivity index (χ4v) is 3.44. The van der Waals surface area contributed by atoms with E-state index in [4.69, 9.17) is 0 Å². The molecule has 1 atom stereocenters. The van der Waals surface area contributed by atoms with E-state index in [0.717, 1.165) is 10.2 Å². The Morgan fingerprint density at radius 1 is 1.13 bits per heavy atom. The summed E-state index contributed by atoms with van der Waals surface area (Å²) in [5, 5.41) is 2.70. The topological polar surface area (TPSA) is 46.2 Å². The van der Waals surface area contributed by atoms with E-state index in [1.54, 1.807) is 36.0 Å². The van der Waals surface area contributed by atoms with E-state index >= 15 is 0 Å². The van der Waals surface area contributed by atoms with Gasteiger partial charge in [-0.2, -0.15) is 0 Å². The lowest BCUT2D eigenvalue weighted by atomic mass is 10.1. The van der Waals surface area contributed by atoms with Gasteiger partial charge in [-0.05, 0) is 49.7 Å². The highest BCUT2D eigenvalue weighted by atomic mass is 79.9. The lowest BCUT2D eigenvalue weighted by molar-refractivity contribution is -0.115. The van der Waals surface area contributed by atoms with Crippen LogP contribution in [0.15, 0.2) is 53.0 Å². The number of anilines is 1. The second-order valence-corrected chi connectivity index (χ2v) is 7.35. The van der Waals surface area contributed by atoms with Gasteiger partial charge in [0.15, 0.2) is 5.78 Å². The summed E-state index contributed by atoms with van der Waals surface area (Å²) in [6, 6.07) is 14.9. The number of Topliss-reactive ketones (excluding diaryl/α,β-unsaturated/α-hetero) is 1. The summed E-state index contributed by atoms with van der Waals surface area (Å²) in [6.07, 6.45) is 0. The molecule has 0 heterocycles. The monoisotopic (exact) mass is 391 g/mol. The maximum atomic E-state index is 12.2. The summed E-state index contributed by atoms with van der Waals surface area (Å²) in [7, 11) is 0. The van der Waals surface area contributed by atoms with Crippen molar-refractivity contribution in [3.05, 3.63) is 64.1 Å². The van der Waals surface area contributed by atoms with Gasteiger partial charge in [-0.25, -0.2) is 0 Å². The van der Waals surface area contributed by atoms with Crippen LogP contribution in [0.2, 0.25) is 0 Å². The van der Waals surface area contributed by atoms with Crippen molar-refractivity contribution >= 4 is 45.1 Å². The number of ketones is 1. The SMILES string of the molecule is CC(=O)c1ccc(NC(=O)C(C)SCc2ccccc2Br)cc1. The molecule has 3 nitrogen and oxygen atoms in total. The van der Waals surface area contributed by atoms with E-state index in [0.29, 0.717) is 11.3 Å². The lowest BCUT2D eigenvalue weighted by Gasteiger charge is -2.13. The first kappa shape index (κ1) is 17.8. The third-order valence-electron chi connectivity index (χ3n) is 3.37. The molecule has 0 bridgehead atoms. The van der Waals surface area contributed by atoms with Gasteiger partial charge in [-0.1, -0.05) is 34.1 Å². The first-order valence-electron chi connectivity index (χ1n) is 7.24. The number of hydrogen-bond acceptors (Lipinski definition) is 3. The Morgan fingerprint density at radius 3 is 2.39 bits per heavy atom. The maximum Gasteiger partial charge on any atom is 0.237 e. The Kier molecular flexibility index (Phi) is 6.42. The number of halogens is 1. The summed E-state index contributed by atoms with van der Waals surface area (Å²) >= 11 is 5.10. The zero-order valence-electron chi connectivity index (χ0n) is 13.0. The number of benzene rings is 2. The van der Waals surface area contributed by atoms with Crippen LogP contribution in [-0.4, -0.2) is 16.9 Å². The van der Waals surface area contributed by atoms with Crippen molar-refractivity contribution in [1.82, 2.24) is 0 Å². The van der Waals surface area contributed by atoms with Gasteiger partial charge < -0.3 is 5.32 Å². The molecule has 5 heteroatoms. The van der Waals surface area contributed by atoms with E-state index in [1.165, 1.54) is 12.5 Å². The molecule has 0 saturated carbocycles. The van der Waals surface area contributed by atoms with Crippen LogP contribution in [0.25, 0.3) is 0 Å². The van der Waals surface area contributed by atoms with Crippen LogP contribution in [0.4, 0.5) is 5.69 Å². The second kappa shape index (κ2) is 8.31. The summed E-state index contributed by atoms with van der Waals surface area (Å²) in [5.74, 6) is 0.733. The molecule has 23 heavy (non-hydrogen) atoms. The summed E-state index contributed by atoms with van der Waals surface area (Å²) in [6.45, 7) is 3.41. The molecule has 0 spiro atoms. The van der Waals surface area contributed by atoms with Gasteiger partial charge in [0.25, 0.3) is 0 Å². The van der Waals surface area contributed by atoms with Crippen molar-refractivity contribution in [3.63, 3.8) is 0 Å². The Balaban J connectivity index is 1.89. The minimum absolute atomic E-state index is 0.0141. The summed E-state index contributed by atoms with van der Waals surface area (Å²) in [5.41, 5.74) is 2.51. The minimum atomic E-state index is -0.172. The molecule has 1 unspecified atom stereocenters. The van der Waals surface area contributed by atoms with Crippen LogP contribution in [0.3, 0.4) is 0 Å². The zero-order chi connectivity index (χ0) is 16.8. The highest BCUT2D eigenvalue weighted by molar-refractivity contribution is 9.10. The third kappa shape index (κ3) is 5.22. The second-order valence-electron chi connectivity index (χ2n) is 5.17.